The Kier molecular flexibility index (Phi) is 4.37. The molecule has 0 N–H and O–H groups in total. The molecular formula is C8H14ClN. The van der Waals surface area contributed by atoms with E-state index in [0.717, 1.165) is 5.71 Å². The van der Waals surface area contributed by atoms with Crippen LogP contribution < -0.4 is 0 Å². The Morgan fingerprint density at radius 3 is 2.40 bits per heavy atom. The molecule has 0 aromatic carbocycles. The number of hydrogen-bond donors (Lipinski definition) is 0. The van der Waals surface area contributed by atoms with Crippen molar-refractivity contribution in [1.29, 1.82) is 0 Å². The maximum absolute atomic E-state index is 5.58. The summed E-state index contributed by atoms with van der Waals surface area (Å²) < 4.78 is 0. The van der Waals surface area contributed by atoms with E-state index in [1.54, 1.807) is 0 Å². The Morgan fingerprint density at radius 1 is 1.60 bits per heavy atom. The lowest BCUT2D eigenvalue weighted by Crippen LogP contribution is -1.97. The Morgan fingerprint density at radius 2 is 2.10 bits per heavy atom. The van der Waals surface area contributed by atoms with Crippen molar-refractivity contribution in [3.05, 3.63) is 11.6 Å². The molecule has 0 aliphatic carbocycles. The van der Waals surface area contributed by atoms with Crippen molar-refractivity contribution >= 4 is 17.3 Å². The zero-order valence-corrected chi connectivity index (χ0v) is 7.57. The average Bonchev–Trinajstić information content (AvgIpc) is 1.58. The normalized spacial score (nSPS) is 12.3. The first-order valence-electron chi connectivity index (χ1n) is 3.39. The molecule has 0 atom stereocenters. The second-order valence-electron chi connectivity index (χ2n) is 2.65. The van der Waals surface area contributed by atoms with Crippen LogP contribution in [0.5, 0.6) is 0 Å². The first-order valence-corrected chi connectivity index (χ1v) is 3.76. The van der Waals surface area contributed by atoms with E-state index in [9.17, 15) is 0 Å². The van der Waals surface area contributed by atoms with E-state index in [-0.39, 0.29) is 0 Å². The van der Waals surface area contributed by atoms with Crippen LogP contribution in [0.2, 0.25) is 0 Å². The van der Waals surface area contributed by atoms with Crippen LogP contribution in [-0.2, 0) is 0 Å². The molecule has 0 saturated heterocycles. The third-order valence-electron chi connectivity index (χ3n) is 0.926. The van der Waals surface area contributed by atoms with E-state index < -0.39 is 0 Å². The quantitative estimate of drug-likeness (QED) is 0.562. The van der Waals surface area contributed by atoms with Crippen molar-refractivity contribution in [2.45, 2.75) is 33.2 Å². The van der Waals surface area contributed by atoms with Gasteiger partial charge in [-0.25, -0.2) is 0 Å². The number of allylic oxidation sites excluding steroid dienone is 1. The predicted octanol–water partition coefficient (Wildman–Crippen LogP) is 3.00. The summed E-state index contributed by atoms with van der Waals surface area (Å²) in [5, 5.41) is 0.655. The fourth-order valence-corrected chi connectivity index (χ4v) is 0.957. The summed E-state index contributed by atoms with van der Waals surface area (Å²) in [6.07, 6.45) is 0.708. The van der Waals surface area contributed by atoms with Crippen LogP contribution in [0.1, 0.15) is 27.2 Å². The van der Waals surface area contributed by atoms with Crippen LogP contribution in [-0.4, -0.2) is 11.8 Å². The van der Waals surface area contributed by atoms with E-state index >= 15 is 0 Å². The fourth-order valence-electron chi connectivity index (χ4n) is 0.764. The molecule has 0 aromatic rings. The highest BCUT2D eigenvalue weighted by atomic mass is 35.5. The lowest BCUT2D eigenvalue weighted by atomic mass is 10.3. The van der Waals surface area contributed by atoms with E-state index in [4.69, 9.17) is 11.6 Å². The average molecular weight is 160 g/mol. The monoisotopic (exact) mass is 159 g/mol. The van der Waals surface area contributed by atoms with Gasteiger partial charge in [0.2, 0.25) is 0 Å². The number of aliphatic imine (C=N–C) groups is 1. The van der Waals surface area contributed by atoms with Gasteiger partial charge in [-0.15, -0.1) is 0 Å². The maximum atomic E-state index is 5.58. The highest BCUT2D eigenvalue weighted by Crippen LogP contribution is 2.05. The van der Waals surface area contributed by atoms with Crippen molar-refractivity contribution < 1.29 is 0 Å². The minimum absolute atomic E-state index is 0.357. The van der Waals surface area contributed by atoms with E-state index in [2.05, 4.69) is 11.6 Å². The third-order valence-corrected chi connectivity index (χ3v) is 1.06. The molecule has 0 aliphatic heterocycles. The minimum Gasteiger partial charge on any atom is -0.291 e. The topological polar surface area (TPSA) is 12.4 Å². The Hall–Kier alpha value is -0.300. The standard InChI is InChI=1S/C8H14ClN/c1-6(2)10-8(4)5-7(3)9/h6H,3,5H2,1-2,4H3/b10-8-. The Labute approximate surface area is 67.8 Å². The smallest absolute Gasteiger partial charge is 0.0442 e. The van der Waals surface area contributed by atoms with Gasteiger partial charge in [0, 0.05) is 23.2 Å². The van der Waals surface area contributed by atoms with Gasteiger partial charge in [0.15, 0.2) is 0 Å². The molecule has 0 rings (SSSR count). The molecule has 0 heterocycles. The number of hydrogen-bond acceptors (Lipinski definition) is 1. The van der Waals surface area contributed by atoms with Crippen molar-refractivity contribution in [2.24, 2.45) is 4.99 Å². The van der Waals surface area contributed by atoms with Gasteiger partial charge in [-0.3, -0.25) is 4.99 Å². The van der Waals surface area contributed by atoms with Crippen molar-refractivity contribution in [2.75, 3.05) is 0 Å². The lowest BCUT2D eigenvalue weighted by Gasteiger charge is -2.00. The second-order valence-corrected chi connectivity index (χ2v) is 3.19. The van der Waals surface area contributed by atoms with Crippen LogP contribution in [0, 0.1) is 0 Å². The summed E-state index contributed by atoms with van der Waals surface area (Å²) in [5.74, 6) is 0. The van der Waals surface area contributed by atoms with Gasteiger partial charge < -0.3 is 0 Å². The molecular weight excluding hydrogens is 146 g/mol. The Balaban J connectivity index is 3.82. The molecule has 0 radical (unpaired) electrons. The molecule has 0 amide bonds. The molecule has 0 aliphatic rings. The van der Waals surface area contributed by atoms with E-state index in [1.807, 2.05) is 20.8 Å². The summed E-state index contributed by atoms with van der Waals surface area (Å²) in [6, 6.07) is 0.357. The molecule has 1 nitrogen and oxygen atoms in total. The molecule has 0 bridgehead atoms. The number of nitrogens with zero attached hydrogens (tertiary/aromatic N) is 1. The first kappa shape index (κ1) is 9.70. The molecule has 0 fully saturated rings. The molecule has 10 heavy (non-hydrogen) atoms. The second kappa shape index (κ2) is 4.51. The van der Waals surface area contributed by atoms with Crippen LogP contribution in [0.15, 0.2) is 16.6 Å². The zero-order chi connectivity index (χ0) is 8.15. The van der Waals surface area contributed by atoms with Gasteiger partial charge in [0.05, 0.1) is 0 Å². The third kappa shape index (κ3) is 5.83. The van der Waals surface area contributed by atoms with Gasteiger partial charge in [-0.05, 0) is 20.8 Å². The highest BCUT2D eigenvalue weighted by molar-refractivity contribution is 6.30. The number of rotatable bonds is 3. The minimum atomic E-state index is 0.357. The predicted molar refractivity (Wildman–Crippen MR) is 47.9 cm³/mol. The molecule has 58 valence electrons. The van der Waals surface area contributed by atoms with Crippen LogP contribution >= 0.6 is 11.6 Å². The summed E-state index contributed by atoms with van der Waals surface area (Å²) in [4.78, 5) is 4.29. The summed E-state index contributed by atoms with van der Waals surface area (Å²) in [6.45, 7) is 9.64. The lowest BCUT2D eigenvalue weighted by molar-refractivity contribution is 0.831. The largest absolute Gasteiger partial charge is 0.291 e. The Bertz CT molecular complexity index is 147. The molecule has 0 aromatic heterocycles. The maximum Gasteiger partial charge on any atom is 0.0442 e. The van der Waals surface area contributed by atoms with Crippen molar-refractivity contribution in [3.63, 3.8) is 0 Å². The molecule has 0 spiro atoms. The van der Waals surface area contributed by atoms with Crippen LogP contribution in [0.3, 0.4) is 0 Å². The van der Waals surface area contributed by atoms with Crippen molar-refractivity contribution in [3.8, 4) is 0 Å². The SMILES string of the molecule is C=C(Cl)C/C(C)=N\C(C)C. The van der Waals surface area contributed by atoms with Crippen LogP contribution in [0.4, 0.5) is 0 Å². The van der Waals surface area contributed by atoms with Gasteiger partial charge in [-0.2, -0.15) is 0 Å². The van der Waals surface area contributed by atoms with E-state index in [1.165, 1.54) is 0 Å². The first-order chi connectivity index (χ1) is 4.52. The molecule has 0 unspecified atom stereocenters. The van der Waals surface area contributed by atoms with Gasteiger partial charge in [0.25, 0.3) is 0 Å². The highest BCUT2D eigenvalue weighted by Gasteiger charge is 1.94. The van der Waals surface area contributed by atoms with E-state index in [0.29, 0.717) is 17.5 Å². The summed E-state index contributed by atoms with van der Waals surface area (Å²) in [7, 11) is 0. The van der Waals surface area contributed by atoms with Crippen molar-refractivity contribution in [1.82, 2.24) is 0 Å². The van der Waals surface area contributed by atoms with Gasteiger partial charge in [0.1, 0.15) is 0 Å². The summed E-state index contributed by atoms with van der Waals surface area (Å²) in [5.41, 5.74) is 1.05. The van der Waals surface area contributed by atoms with Crippen LogP contribution in [0.25, 0.3) is 0 Å². The zero-order valence-electron chi connectivity index (χ0n) is 6.82. The fraction of sp³-hybridized carbons (Fsp3) is 0.625. The molecule has 0 saturated carbocycles. The summed E-state index contributed by atoms with van der Waals surface area (Å²) >= 11 is 5.58. The molecule has 2 heteroatoms. The number of halogens is 1. The van der Waals surface area contributed by atoms with Gasteiger partial charge in [-0.1, -0.05) is 18.2 Å². The van der Waals surface area contributed by atoms with Gasteiger partial charge >= 0.3 is 0 Å².